The highest BCUT2D eigenvalue weighted by Crippen LogP contribution is 2.22. The van der Waals surface area contributed by atoms with Crippen molar-refractivity contribution in [2.45, 2.75) is 52.5 Å². The van der Waals surface area contributed by atoms with Crippen LogP contribution in [0.25, 0.3) is 0 Å². The lowest BCUT2D eigenvalue weighted by molar-refractivity contribution is -0.140. The number of aliphatic carboxylic acids is 1. The third-order valence-corrected chi connectivity index (χ3v) is 3.78. The second-order valence-corrected chi connectivity index (χ2v) is 6.50. The van der Waals surface area contributed by atoms with Crippen LogP contribution >= 0.6 is 0 Å². The molecule has 0 aromatic heterocycles. The van der Waals surface area contributed by atoms with E-state index in [1.807, 2.05) is 26.0 Å². The van der Waals surface area contributed by atoms with Crippen LogP contribution in [0, 0.1) is 5.92 Å². The van der Waals surface area contributed by atoms with Crippen molar-refractivity contribution in [3.05, 3.63) is 35.4 Å². The molecule has 0 aliphatic rings. The van der Waals surface area contributed by atoms with Crippen LogP contribution < -0.4 is 5.32 Å². The SMILES string of the molecule is CCC(C)[C@H](NC(=O)c1ccc(C(C)(C)C)cc1)C(=O)O. The van der Waals surface area contributed by atoms with E-state index in [1.165, 1.54) is 0 Å². The number of amides is 1. The molecule has 0 fully saturated rings. The predicted octanol–water partition coefficient (Wildman–Crippen LogP) is 3.21. The second-order valence-electron chi connectivity index (χ2n) is 6.50. The number of nitrogens with one attached hydrogen (secondary N) is 1. The molecule has 1 aromatic carbocycles. The number of benzene rings is 1. The van der Waals surface area contributed by atoms with E-state index in [0.29, 0.717) is 12.0 Å². The first-order valence-electron chi connectivity index (χ1n) is 7.31. The lowest BCUT2D eigenvalue weighted by Crippen LogP contribution is -2.45. The zero-order valence-corrected chi connectivity index (χ0v) is 13.4. The van der Waals surface area contributed by atoms with Crippen molar-refractivity contribution in [3.63, 3.8) is 0 Å². The fourth-order valence-corrected chi connectivity index (χ4v) is 2.03. The summed E-state index contributed by atoms with van der Waals surface area (Å²) in [6, 6.07) is 6.45. The van der Waals surface area contributed by atoms with Crippen molar-refractivity contribution in [1.82, 2.24) is 5.32 Å². The Morgan fingerprint density at radius 2 is 1.71 bits per heavy atom. The van der Waals surface area contributed by atoms with E-state index in [2.05, 4.69) is 26.1 Å². The minimum absolute atomic E-state index is 0.0231. The van der Waals surface area contributed by atoms with Crippen molar-refractivity contribution in [2.75, 3.05) is 0 Å². The van der Waals surface area contributed by atoms with Gasteiger partial charge in [0.15, 0.2) is 0 Å². The van der Waals surface area contributed by atoms with Crippen LogP contribution in [0.2, 0.25) is 0 Å². The number of hydrogen-bond acceptors (Lipinski definition) is 2. The predicted molar refractivity (Wildman–Crippen MR) is 83.5 cm³/mol. The molecule has 4 nitrogen and oxygen atoms in total. The molecular formula is C17H25NO3. The van der Waals surface area contributed by atoms with Gasteiger partial charge in [-0.15, -0.1) is 0 Å². The van der Waals surface area contributed by atoms with Crippen molar-refractivity contribution < 1.29 is 14.7 Å². The number of carboxylic acids is 1. The van der Waals surface area contributed by atoms with E-state index in [-0.39, 0.29) is 17.2 Å². The molecule has 0 bridgehead atoms. The van der Waals surface area contributed by atoms with Crippen LogP contribution in [-0.4, -0.2) is 23.0 Å². The molecule has 4 heteroatoms. The summed E-state index contributed by atoms with van der Waals surface area (Å²) >= 11 is 0. The maximum Gasteiger partial charge on any atom is 0.326 e. The third-order valence-electron chi connectivity index (χ3n) is 3.78. The van der Waals surface area contributed by atoms with Gasteiger partial charge in [0.05, 0.1) is 0 Å². The van der Waals surface area contributed by atoms with E-state index < -0.39 is 12.0 Å². The normalized spacial score (nSPS) is 14.3. The van der Waals surface area contributed by atoms with Gasteiger partial charge in [0.25, 0.3) is 5.91 Å². The Morgan fingerprint density at radius 3 is 2.10 bits per heavy atom. The maximum absolute atomic E-state index is 12.2. The average molecular weight is 291 g/mol. The number of carbonyl (C=O) groups excluding carboxylic acids is 1. The first-order chi connectivity index (χ1) is 9.66. The largest absolute Gasteiger partial charge is 0.480 e. The van der Waals surface area contributed by atoms with E-state index in [0.717, 1.165) is 5.56 Å². The van der Waals surface area contributed by atoms with Crippen molar-refractivity contribution >= 4 is 11.9 Å². The minimum Gasteiger partial charge on any atom is -0.480 e. The van der Waals surface area contributed by atoms with E-state index in [4.69, 9.17) is 0 Å². The molecule has 0 aliphatic carbocycles. The van der Waals surface area contributed by atoms with Gasteiger partial charge < -0.3 is 10.4 Å². The fourth-order valence-electron chi connectivity index (χ4n) is 2.03. The van der Waals surface area contributed by atoms with Gasteiger partial charge in [0, 0.05) is 5.56 Å². The third kappa shape index (κ3) is 4.59. The summed E-state index contributed by atoms with van der Waals surface area (Å²) in [5.41, 5.74) is 1.64. The Kier molecular flexibility index (Phi) is 5.53. The molecule has 21 heavy (non-hydrogen) atoms. The Bertz CT molecular complexity index is 500. The summed E-state index contributed by atoms with van der Waals surface area (Å²) in [7, 11) is 0. The fraction of sp³-hybridized carbons (Fsp3) is 0.529. The monoisotopic (exact) mass is 291 g/mol. The van der Waals surface area contributed by atoms with Gasteiger partial charge in [0.2, 0.25) is 0 Å². The van der Waals surface area contributed by atoms with E-state index in [1.54, 1.807) is 12.1 Å². The van der Waals surface area contributed by atoms with Gasteiger partial charge in [-0.1, -0.05) is 53.2 Å². The summed E-state index contributed by atoms with van der Waals surface area (Å²) < 4.78 is 0. The molecule has 116 valence electrons. The van der Waals surface area contributed by atoms with E-state index in [9.17, 15) is 14.7 Å². The smallest absolute Gasteiger partial charge is 0.326 e. The van der Waals surface area contributed by atoms with Gasteiger partial charge in [0.1, 0.15) is 6.04 Å². The molecule has 1 unspecified atom stereocenters. The summed E-state index contributed by atoms with van der Waals surface area (Å²) in [6.45, 7) is 10.0. The Labute approximate surface area is 126 Å². The minimum atomic E-state index is -0.996. The van der Waals surface area contributed by atoms with Crippen LogP contribution in [0.4, 0.5) is 0 Å². The molecule has 0 saturated heterocycles. The molecule has 0 aliphatic heterocycles. The van der Waals surface area contributed by atoms with Crippen LogP contribution in [-0.2, 0) is 10.2 Å². The highest BCUT2D eigenvalue weighted by molar-refractivity contribution is 5.96. The first-order valence-corrected chi connectivity index (χ1v) is 7.31. The van der Waals surface area contributed by atoms with Crippen molar-refractivity contribution in [2.24, 2.45) is 5.92 Å². The Morgan fingerprint density at radius 1 is 1.19 bits per heavy atom. The quantitative estimate of drug-likeness (QED) is 0.875. The number of carboxylic acid groups (broad SMARTS) is 1. The van der Waals surface area contributed by atoms with Gasteiger partial charge in [-0.2, -0.15) is 0 Å². The van der Waals surface area contributed by atoms with Gasteiger partial charge in [-0.05, 0) is 29.0 Å². The standard InChI is InChI=1S/C17H25NO3/c1-6-11(2)14(16(20)21)18-15(19)12-7-9-13(10-8-12)17(3,4)5/h7-11,14H,6H2,1-5H3,(H,18,19)(H,20,21)/t11?,14-/m0/s1. The lowest BCUT2D eigenvalue weighted by Gasteiger charge is -2.21. The number of rotatable bonds is 5. The van der Waals surface area contributed by atoms with E-state index >= 15 is 0 Å². The summed E-state index contributed by atoms with van der Waals surface area (Å²) in [5.74, 6) is -1.45. The molecule has 2 N–H and O–H groups in total. The molecule has 1 amide bonds. The van der Waals surface area contributed by atoms with Crippen molar-refractivity contribution in [1.29, 1.82) is 0 Å². The summed E-state index contributed by atoms with van der Waals surface area (Å²) in [4.78, 5) is 23.4. The highest BCUT2D eigenvalue weighted by Gasteiger charge is 2.25. The van der Waals surface area contributed by atoms with Crippen LogP contribution in [0.15, 0.2) is 24.3 Å². The molecule has 1 rings (SSSR count). The number of hydrogen-bond donors (Lipinski definition) is 2. The topological polar surface area (TPSA) is 66.4 Å². The van der Waals surface area contributed by atoms with Crippen LogP contribution in [0.5, 0.6) is 0 Å². The zero-order chi connectivity index (χ0) is 16.2. The van der Waals surface area contributed by atoms with Gasteiger partial charge in [-0.3, -0.25) is 4.79 Å². The Balaban J connectivity index is 2.86. The molecule has 0 saturated carbocycles. The summed E-state index contributed by atoms with van der Waals surface area (Å²) in [6.07, 6.45) is 0.695. The highest BCUT2D eigenvalue weighted by atomic mass is 16.4. The molecule has 0 spiro atoms. The zero-order valence-electron chi connectivity index (χ0n) is 13.4. The molecule has 0 heterocycles. The number of carbonyl (C=O) groups is 2. The Hall–Kier alpha value is -1.84. The van der Waals surface area contributed by atoms with Crippen molar-refractivity contribution in [3.8, 4) is 0 Å². The van der Waals surface area contributed by atoms with Gasteiger partial charge >= 0.3 is 5.97 Å². The molecular weight excluding hydrogens is 266 g/mol. The van der Waals surface area contributed by atoms with Gasteiger partial charge in [-0.25, -0.2) is 4.79 Å². The van der Waals surface area contributed by atoms with Crippen LogP contribution in [0.3, 0.4) is 0 Å². The second kappa shape index (κ2) is 6.74. The average Bonchev–Trinajstić information content (AvgIpc) is 2.42. The molecule has 0 radical (unpaired) electrons. The summed E-state index contributed by atoms with van der Waals surface area (Å²) in [5, 5.41) is 11.8. The molecule has 2 atom stereocenters. The first kappa shape index (κ1) is 17.2. The maximum atomic E-state index is 12.2. The lowest BCUT2D eigenvalue weighted by atomic mass is 9.86. The molecule has 1 aromatic rings. The van der Waals surface area contributed by atoms with Crippen LogP contribution in [0.1, 0.15) is 57.0 Å².